The van der Waals surface area contributed by atoms with Crippen molar-refractivity contribution in [3.63, 3.8) is 0 Å². The van der Waals surface area contributed by atoms with Crippen LogP contribution in [0.2, 0.25) is 0 Å². The molecule has 0 spiro atoms. The van der Waals surface area contributed by atoms with Gasteiger partial charge >= 0.3 is 6.09 Å². The molecule has 0 heterocycles. The highest BCUT2D eigenvalue weighted by Crippen LogP contribution is 2.15. The summed E-state index contributed by atoms with van der Waals surface area (Å²) in [6.45, 7) is 5.94. The molecule has 7 nitrogen and oxygen atoms in total. The Hall–Kier alpha value is -2.44. The zero-order chi connectivity index (χ0) is 15.9. The molecule has 0 unspecified atom stereocenters. The number of amides is 1. The number of alkyl carbamates (subject to hydrolysis) is 1. The topological polar surface area (TPSA) is 93.8 Å². The van der Waals surface area contributed by atoms with Crippen LogP contribution in [0.5, 0.6) is 0 Å². The van der Waals surface area contributed by atoms with Crippen LogP contribution in [0.25, 0.3) is 0 Å². The second kappa shape index (κ2) is 7.37. The summed E-state index contributed by atoms with van der Waals surface area (Å²) in [4.78, 5) is 25.8. The van der Waals surface area contributed by atoms with Crippen molar-refractivity contribution >= 4 is 18.0 Å². The maximum Gasteiger partial charge on any atom is 0.407 e. The van der Waals surface area contributed by atoms with Gasteiger partial charge < -0.3 is 10.1 Å². The molecule has 1 aromatic carbocycles. The monoisotopic (exact) mass is 293 g/mol. The Morgan fingerprint density at radius 2 is 2.10 bits per heavy atom. The van der Waals surface area contributed by atoms with Crippen LogP contribution in [0.15, 0.2) is 29.3 Å². The van der Waals surface area contributed by atoms with Crippen molar-refractivity contribution in [2.24, 2.45) is 4.99 Å². The summed E-state index contributed by atoms with van der Waals surface area (Å²) in [5.41, 5.74) is -0.112. The van der Waals surface area contributed by atoms with Crippen LogP contribution in [0.1, 0.15) is 26.3 Å². The van der Waals surface area contributed by atoms with E-state index in [2.05, 4.69) is 10.3 Å². The first-order valence-electron chi connectivity index (χ1n) is 6.50. The molecule has 114 valence electrons. The van der Waals surface area contributed by atoms with Crippen LogP contribution in [-0.4, -0.2) is 35.9 Å². The van der Waals surface area contributed by atoms with Gasteiger partial charge in [-0.15, -0.1) is 0 Å². The molecular weight excluding hydrogens is 274 g/mol. The summed E-state index contributed by atoms with van der Waals surface area (Å²) in [6, 6.07) is 6.33. The van der Waals surface area contributed by atoms with Crippen LogP contribution in [0, 0.1) is 10.1 Å². The number of nitrogens with zero attached hydrogens (tertiary/aromatic N) is 2. The molecule has 1 aromatic rings. The first-order chi connectivity index (χ1) is 9.79. The first kappa shape index (κ1) is 16.6. The predicted octanol–water partition coefficient (Wildman–Crippen LogP) is 2.54. The average Bonchev–Trinajstić information content (AvgIpc) is 2.36. The van der Waals surface area contributed by atoms with E-state index in [1.54, 1.807) is 39.0 Å². The van der Waals surface area contributed by atoms with Crippen molar-refractivity contribution in [3.05, 3.63) is 39.9 Å². The third-order valence-electron chi connectivity index (χ3n) is 2.27. The third kappa shape index (κ3) is 6.51. The number of nitro benzene ring substituents is 1. The van der Waals surface area contributed by atoms with Gasteiger partial charge in [0, 0.05) is 18.8 Å². The summed E-state index contributed by atoms with van der Waals surface area (Å²) >= 11 is 0. The first-order valence-corrected chi connectivity index (χ1v) is 6.50. The third-order valence-corrected chi connectivity index (χ3v) is 2.27. The fourth-order valence-corrected chi connectivity index (χ4v) is 1.46. The van der Waals surface area contributed by atoms with Crippen LogP contribution < -0.4 is 5.32 Å². The lowest BCUT2D eigenvalue weighted by Crippen LogP contribution is -2.33. The number of aliphatic imine (C=N–C) groups is 1. The molecule has 0 saturated carbocycles. The molecule has 7 heteroatoms. The quantitative estimate of drug-likeness (QED) is 0.390. The van der Waals surface area contributed by atoms with Crippen molar-refractivity contribution < 1.29 is 14.5 Å². The SMILES string of the molecule is CC(C)(C)OC(=O)NCC/N=C/c1ccccc1[N+](=O)[O-]. The standard InChI is InChI=1S/C14H19N3O4/c1-14(2,3)21-13(18)16-9-8-15-10-11-6-4-5-7-12(11)17(19)20/h4-7,10H,8-9H2,1-3H3,(H,16,18)/b15-10+. The molecule has 0 aliphatic heterocycles. The van der Waals surface area contributed by atoms with Crippen LogP contribution in [0.4, 0.5) is 10.5 Å². The van der Waals surface area contributed by atoms with E-state index >= 15 is 0 Å². The Labute approximate surface area is 123 Å². The van der Waals surface area contributed by atoms with E-state index in [1.165, 1.54) is 12.3 Å². The Morgan fingerprint density at radius 3 is 2.71 bits per heavy atom. The van der Waals surface area contributed by atoms with Crippen LogP contribution >= 0.6 is 0 Å². The molecule has 0 saturated heterocycles. The van der Waals surface area contributed by atoms with Crippen molar-refractivity contribution in [1.29, 1.82) is 0 Å². The number of rotatable bonds is 5. The molecule has 1 amide bonds. The van der Waals surface area contributed by atoms with Gasteiger partial charge in [0.2, 0.25) is 0 Å². The average molecular weight is 293 g/mol. The highest BCUT2D eigenvalue weighted by atomic mass is 16.6. The van der Waals surface area contributed by atoms with E-state index in [0.717, 1.165) is 0 Å². The zero-order valence-electron chi connectivity index (χ0n) is 12.3. The number of hydrogen-bond acceptors (Lipinski definition) is 5. The number of para-hydroxylation sites is 1. The van der Waals surface area contributed by atoms with E-state index in [0.29, 0.717) is 18.7 Å². The van der Waals surface area contributed by atoms with Crippen molar-refractivity contribution in [1.82, 2.24) is 5.32 Å². The molecule has 0 aromatic heterocycles. The van der Waals surface area contributed by atoms with E-state index in [4.69, 9.17) is 4.74 Å². The number of nitro groups is 1. The highest BCUT2D eigenvalue weighted by Gasteiger charge is 2.15. The van der Waals surface area contributed by atoms with Gasteiger partial charge in [-0.25, -0.2) is 4.79 Å². The van der Waals surface area contributed by atoms with Gasteiger partial charge in [-0.3, -0.25) is 15.1 Å². The summed E-state index contributed by atoms with van der Waals surface area (Å²) < 4.78 is 5.06. The molecule has 0 atom stereocenters. The molecule has 0 fully saturated rings. The number of benzene rings is 1. The van der Waals surface area contributed by atoms with E-state index in [-0.39, 0.29) is 5.69 Å². The fraction of sp³-hybridized carbons (Fsp3) is 0.429. The predicted molar refractivity (Wildman–Crippen MR) is 79.8 cm³/mol. The minimum absolute atomic E-state index is 0.00125. The molecular formula is C14H19N3O4. The Balaban J connectivity index is 2.43. The summed E-state index contributed by atoms with van der Waals surface area (Å²) in [5, 5.41) is 13.4. The van der Waals surface area contributed by atoms with Gasteiger partial charge in [-0.2, -0.15) is 0 Å². The molecule has 0 aliphatic carbocycles. The molecule has 0 radical (unpaired) electrons. The van der Waals surface area contributed by atoms with E-state index in [1.807, 2.05) is 0 Å². The minimum Gasteiger partial charge on any atom is -0.444 e. The largest absolute Gasteiger partial charge is 0.444 e. The number of nitrogens with one attached hydrogen (secondary N) is 1. The minimum atomic E-state index is -0.544. The lowest BCUT2D eigenvalue weighted by Gasteiger charge is -2.19. The molecule has 0 bridgehead atoms. The Bertz CT molecular complexity index is 535. The summed E-state index contributed by atoms with van der Waals surface area (Å²) in [7, 11) is 0. The lowest BCUT2D eigenvalue weighted by atomic mass is 10.2. The van der Waals surface area contributed by atoms with Crippen molar-refractivity contribution in [3.8, 4) is 0 Å². The van der Waals surface area contributed by atoms with E-state index in [9.17, 15) is 14.9 Å². The molecule has 21 heavy (non-hydrogen) atoms. The Kier molecular flexibility index (Phi) is 5.83. The molecule has 1 N–H and O–H groups in total. The molecule has 1 rings (SSSR count). The zero-order valence-corrected chi connectivity index (χ0v) is 12.3. The Morgan fingerprint density at radius 1 is 1.43 bits per heavy atom. The van der Waals surface area contributed by atoms with Crippen LogP contribution in [-0.2, 0) is 4.74 Å². The van der Waals surface area contributed by atoms with Crippen molar-refractivity contribution in [2.75, 3.05) is 13.1 Å². The number of hydrogen-bond donors (Lipinski definition) is 1. The summed E-state index contributed by atoms with van der Waals surface area (Å²) in [6.07, 6.45) is 0.915. The van der Waals surface area contributed by atoms with Crippen molar-refractivity contribution in [2.45, 2.75) is 26.4 Å². The van der Waals surface area contributed by atoms with Gasteiger partial charge in [-0.1, -0.05) is 12.1 Å². The summed E-state index contributed by atoms with van der Waals surface area (Å²) in [5.74, 6) is 0. The smallest absolute Gasteiger partial charge is 0.407 e. The number of carbonyl (C=O) groups is 1. The lowest BCUT2D eigenvalue weighted by molar-refractivity contribution is -0.385. The van der Waals surface area contributed by atoms with Gasteiger partial charge in [0.1, 0.15) is 5.60 Å². The van der Waals surface area contributed by atoms with Crippen LogP contribution in [0.3, 0.4) is 0 Å². The molecule has 0 aliphatic rings. The maximum atomic E-state index is 11.4. The second-order valence-electron chi connectivity index (χ2n) is 5.28. The number of carbonyl (C=O) groups excluding carboxylic acids is 1. The van der Waals surface area contributed by atoms with Gasteiger partial charge in [0.05, 0.1) is 17.0 Å². The normalized spacial score (nSPS) is 11.4. The van der Waals surface area contributed by atoms with Gasteiger partial charge in [-0.05, 0) is 26.8 Å². The van der Waals surface area contributed by atoms with Gasteiger partial charge in [0.25, 0.3) is 5.69 Å². The van der Waals surface area contributed by atoms with Gasteiger partial charge in [0.15, 0.2) is 0 Å². The number of ether oxygens (including phenoxy) is 1. The second-order valence-corrected chi connectivity index (χ2v) is 5.28. The highest BCUT2D eigenvalue weighted by molar-refractivity contribution is 5.85. The fourth-order valence-electron chi connectivity index (χ4n) is 1.46. The van der Waals surface area contributed by atoms with E-state index < -0.39 is 16.6 Å². The maximum absolute atomic E-state index is 11.4.